The van der Waals surface area contributed by atoms with Gasteiger partial charge >= 0.3 is 0 Å². The predicted octanol–water partition coefficient (Wildman–Crippen LogP) is 2.24. The Hall–Kier alpha value is -0.420. The van der Waals surface area contributed by atoms with Crippen LogP contribution in [0, 0.1) is 11.3 Å². The van der Waals surface area contributed by atoms with Gasteiger partial charge < -0.3 is 10.4 Å². The van der Waals surface area contributed by atoms with Crippen LogP contribution in [0.2, 0.25) is 0 Å². The predicted molar refractivity (Wildman–Crippen MR) is 84.5 cm³/mol. The highest BCUT2D eigenvalue weighted by Gasteiger charge is 2.46. The molecule has 1 aromatic carbocycles. The fourth-order valence-electron chi connectivity index (χ4n) is 3.86. The van der Waals surface area contributed by atoms with E-state index in [2.05, 4.69) is 50.4 Å². The lowest BCUT2D eigenvalue weighted by atomic mass is 9.71. The maximum absolute atomic E-state index is 9.75. The summed E-state index contributed by atoms with van der Waals surface area (Å²) in [7, 11) is 0. The van der Waals surface area contributed by atoms with Crippen LogP contribution in [0.4, 0.5) is 0 Å². The van der Waals surface area contributed by atoms with Crippen molar-refractivity contribution < 1.29 is 5.11 Å². The smallest absolute Gasteiger partial charge is 0.0477 e. The molecule has 1 atom stereocenters. The zero-order valence-corrected chi connectivity index (χ0v) is 13.4. The van der Waals surface area contributed by atoms with E-state index in [1.54, 1.807) is 0 Å². The second kappa shape index (κ2) is 6.14. The van der Waals surface area contributed by atoms with Crippen molar-refractivity contribution in [1.29, 1.82) is 0 Å². The summed E-state index contributed by atoms with van der Waals surface area (Å²) in [5, 5.41) is 13.2. The molecule has 2 aliphatic heterocycles. The lowest BCUT2D eigenvalue weighted by Crippen LogP contribution is -2.42. The average Bonchev–Trinajstić information content (AvgIpc) is 2.79. The Morgan fingerprint density at radius 3 is 2.60 bits per heavy atom. The number of likely N-dealkylation sites (tertiary alicyclic amines) is 1. The van der Waals surface area contributed by atoms with Gasteiger partial charge in [-0.1, -0.05) is 28.1 Å². The van der Waals surface area contributed by atoms with E-state index in [1.165, 1.54) is 18.4 Å². The molecule has 0 saturated carbocycles. The van der Waals surface area contributed by atoms with E-state index in [9.17, 15) is 5.11 Å². The lowest BCUT2D eigenvalue weighted by Gasteiger charge is -2.38. The van der Waals surface area contributed by atoms with Crippen molar-refractivity contribution in [2.45, 2.75) is 19.4 Å². The van der Waals surface area contributed by atoms with E-state index in [-0.39, 0.29) is 0 Å². The van der Waals surface area contributed by atoms with E-state index in [4.69, 9.17) is 0 Å². The SMILES string of the molecule is OCC1CN(Cc2ccc(Br)cc2)CC12CCNCC2. The van der Waals surface area contributed by atoms with E-state index < -0.39 is 0 Å². The third-order valence-corrected chi connectivity index (χ3v) is 5.55. The zero-order chi connectivity index (χ0) is 14.0. The minimum absolute atomic E-state index is 0.330. The molecular formula is C16H23BrN2O. The molecule has 3 nitrogen and oxygen atoms in total. The molecule has 3 rings (SSSR count). The summed E-state index contributed by atoms with van der Waals surface area (Å²) in [5.74, 6) is 0.444. The van der Waals surface area contributed by atoms with Gasteiger partial charge in [0.05, 0.1) is 0 Å². The van der Waals surface area contributed by atoms with Crippen molar-refractivity contribution in [2.75, 3.05) is 32.8 Å². The molecule has 1 aromatic rings. The molecule has 2 saturated heterocycles. The maximum atomic E-state index is 9.75. The summed E-state index contributed by atoms with van der Waals surface area (Å²) >= 11 is 3.48. The first-order chi connectivity index (χ1) is 9.72. The molecule has 20 heavy (non-hydrogen) atoms. The highest BCUT2D eigenvalue weighted by molar-refractivity contribution is 9.10. The number of piperidine rings is 1. The summed E-state index contributed by atoms with van der Waals surface area (Å²) in [6, 6.07) is 8.58. The zero-order valence-electron chi connectivity index (χ0n) is 11.8. The normalized spacial score (nSPS) is 26.2. The molecule has 0 aliphatic carbocycles. The Kier molecular flexibility index (Phi) is 4.46. The third kappa shape index (κ3) is 2.93. The number of aliphatic hydroxyl groups is 1. The van der Waals surface area contributed by atoms with E-state index >= 15 is 0 Å². The summed E-state index contributed by atoms with van der Waals surface area (Å²) in [4.78, 5) is 2.52. The second-order valence-corrected chi connectivity index (χ2v) is 7.20. The minimum Gasteiger partial charge on any atom is -0.396 e. The Bertz CT molecular complexity index is 442. The molecule has 0 bridgehead atoms. The van der Waals surface area contributed by atoms with Gasteiger partial charge in [0.25, 0.3) is 0 Å². The second-order valence-electron chi connectivity index (χ2n) is 6.29. The van der Waals surface area contributed by atoms with Crippen LogP contribution in [0.3, 0.4) is 0 Å². The first kappa shape index (κ1) is 14.5. The van der Waals surface area contributed by atoms with Crippen LogP contribution in [-0.2, 0) is 6.54 Å². The highest BCUT2D eigenvalue weighted by atomic mass is 79.9. The van der Waals surface area contributed by atoms with E-state index in [0.717, 1.165) is 37.2 Å². The van der Waals surface area contributed by atoms with Gasteiger partial charge in [0.15, 0.2) is 0 Å². The Balaban J connectivity index is 1.68. The molecule has 4 heteroatoms. The number of halogens is 1. The van der Waals surface area contributed by atoms with Gasteiger partial charge in [-0.15, -0.1) is 0 Å². The largest absolute Gasteiger partial charge is 0.396 e. The lowest BCUT2D eigenvalue weighted by molar-refractivity contribution is 0.0984. The van der Waals surface area contributed by atoms with Crippen LogP contribution < -0.4 is 5.32 Å². The van der Waals surface area contributed by atoms with Gasteiger partial charge in [0, 0.05) is 36.6 Å². The first-order valence-corrected chi connectivity index (χ1v) is 8.29. The summed E-state index contributed by atoms with van der Waals surface area (Å²) in [6.07, 6.45) is 2.41. The molecular weight excluding hydrogens is 316 g/mol. The van der Waals surface area contributed by atoms with Gasteiger partial charge in [-0.05, 0) is 49.0 Å². The third-order valence-electron chi connectivity index (χ3n) is 5.02. The Morgan fingerprint density at radius 1 is 1.25 bits per heavy atom. The average molecular weight is 339 g/mol. The van der Waals surface area contributed by atoms with Crippen LogP contribution in [0.1, 0.15) is 18.4 Å². The molecule has 1 unspecified atom stereocenters. The van der Waals surface area contributed by atoms with Crippen LogP contribution >= 0.6 is 15.9 Å². The minimum atomic E-state index is 0.330. The standard InChI is InChI=1S/C16H23BrN2O/c17-15-3-1-13(2-4-15)9-19-10-14(11-20)16(12-19)5-7-18-8-6-16/h1-4,14,18,20H,5-12H2. The Labute approximate surface area is 129 Å². The fraction of sp³-hybridized carbons (Fsp3) is 0.625. The van der Waals surface area contributed by atoms with Crippen molar-refractivity contribution in [3.63, 3.8) is 0 Å². The fourth-order valence-corrected chi connectivity index (χ4v) is 4.12. The molecule has 0 aromatic heterocycles. The molecule has 0 radical (unpaired) electrons. The van der Waals surface area contributed by atoms with Crippen LogP contribution in [0.25, 0.3) is 0 Å². The van der Waals surface area contributed by atoms with Crippen LogP contribution in [0.5, 0.6) is 0 Å². The van der Waals surface area contributed by atoms with Gasteiger partial charge in [0.1, 0.15) is 0 Å². The van der Waals surface area contributed by atoms with Gasteiger partial charge in [-0.2, -0.15) is 0 Å². The summed E-state index contributed by atoms with van der Waals surface area (Å²) in [5.41, 5.74) is 1.70. The summed E-state index contributed by atoms with van der Waals surface area (Å²) in [6.45, 7) is 5.70. The molecule has 2 fully saturated rings. The van der Waals surface area contributed by atoms with Gasteiger partial charge in [-0.3, -0.25) is 4.90 Å². The van der Waals surface area contributed by atoms with Gasteiger partial charge in [0.2, 0.25) is 0 Å². The molecule has 110 valence electrons. The van der Waals surface area contributed by atoms with Crippen LogP contribution in [-0.4, -0.2) is 42.8 Å². The van der Waals surface area contributed by atoms with Crippen molar-refractivity contribution in [3.05, 3.63) is 34.3 Å². The van der Waals surface area contributed by atoms with Crippen LogP contribution in [0.15, 0.2) is 28.7 Å². The highest BCUT2D eigenvalue weighted by Crippen LogP contribution is 2.43. The maximum Gasteiger partial charge on any atom is 0.0477 e. The molecule has 2 heterocycles. The monoisotopic (exact) mass is 338 g/mol. The summed E-state index contributed by atoms with van der Waals surface area (Å²) < 4.78 is 1.13. The quantitative estimate of drug-likeness (QED) is 0.887. The number of nitrogens with one attached hydrogen (secondary N) is 1. The van der Waals surface area contributed by atoms with Crippen molar-refractivity contribution >= 4 is 15.9 Å². The topological polar surface area (TPSA) is 35.5 Å². The number of nitrogens with zero attached hydrogens (tertiary/aromatic N) is 1. The number of benzene rings is 1. The van der Waals surface area contributed by atoms with Crippen molar-refractivity contribution in [2.24, 2.45) is 11.3 Å². The van der Waals surface area contributed by atoms with E-state index in [1.807, 2.05) is 0 Å². The Morgan fingerprint density at radius 2 is 1.95 bits per heavy atom. The molecule has 2 aliphatic rings. The van der Waals surface area contributed by atoms with Crippen molar-refractivity contribution in [3.8, 4) is 0 Å². The molecule has 2 N–H and O–H groups in total. The molecule has 0 amide bonds. The van der Waals surface area contributed by atoms with Crippen molar-refractivity contribution in [1.82, 2.24) is 10.2 Å². The number of aliphatic hydroxyl groups excluding tert-OH is 1. The number of hydrogen-bond acceptors (Lipinski definition) is 3. The number of rotatable bonds is 3. The molecule has 1 spiro atoms. The van der Waals surface area contributed by atoms with Gasteiger partial charge in [-0.25, -0.2) is 0 Å². The van der Waals surface area contributed by atoms with E-state index in [0.29, 0.717) is 17.9 Å². The first-order valence-electron chi connectivity index (χ1n) is 7.50. The number of hydrogen-bond donors (Lipinski definition) is 2.